The summed E-state index contributed by atoms with van der Waals surface area (Å²) in [5, 5.41) is 8.43. The van der Waals surface area contributed by atoms with Gasteiger partial charge in [-0.2, -0.15) is 5.10 Å². The number of fused-ring (bicyclic) bond motifs is 1. The molecule has 1 amide bonds. The van der Waals surface area contributed by atoms with Crippen molar-refractivity contribution in [3.8, 4) is 5.75 Å². The molecule has 3 aromatic rings. The predicted octanol–water partition coefficient (Wildman–Crippen LogP) is 6.03. The number of thiophene rings is 1. The van der Waals surface area contributed by atoms with E-state index in [1.165, 1.54) is 16.0 Å². The Hall–Kier alpha value is -2.84. The summed E-state index contributed by atoms with van der Waals surface area (Å²) in [6.45, 7) is 5.89. The summed E-state index contributed by atoms with van der Waals surface area (Å²) in [5.41, 5.74) is 2.66. The van der Waals surface area contributed by atoms with Gasteiger partial charge in [-0.15, -0.1) is 11.3 Å². The summed E-state index contributed by atoms with van der Waals surface area (Å²) in [4.78, 5) is 27.1. The van der Waals surface area contributed by atoms with Crippen LogP contribution in [0.15, 0.2) is 30.5 Å². The fourth-order valence-corrected chi connectivity index (χ4v) is 5.15. The van der Waals surface area contributed by atoms with Gasteiger partial charge in [-0.05, 0) is 81.3 Å². The molecule has 1 unspecified atom stereocenters. The quantitative estimate of drug-likeness (QED) is 0.381. The first-order valence-electron chi connectivity index (χ1n) is 11.4. The second kappa shape index (κ2) is 10.6. The van der Waals surface area contributed by atoms with E-state index in [1.54, 1.807) is 24.4 Å². The van der Waals surface area contributed by atoms with Crippen molar-refractivity contribution in [2.24, 2.45) is 0 Å². The molecule has 4 rings (SSSR count). The molecule has 0 saturated heterocycles. The van der Waals surface area contributed by atoms with Gasteiger partial charge >= 0.3 is 5.97 Å². The van der Waals surface area contributed by atoms with Crippen LogP contribution in [0.1, 0.15) is 70.0 Å². The van der Waals surface area contributed by atoms with E-state index in [1.807, 2.05) is 26.8 Å². The lowest BCUT2D eigenvalue weighted by atomic mass is 9.95. The number of halogens is 1. The van der Waals surface area contributed by atoms with Crippen LogP contribution in [0.2, 0.25) is 5.02 Å². The molecule has 180 valence electrons. The lowest BCUT2D eigenvalue weighted by Gasteiger charge is -2.15. The zero-order valence-electron chi connectivity index (χ0n) is 19.5. The Balaban J connectivity index is 1.47. The van der Waals surface area contributed by atoms with Crippen LogP contribution < -0.4 is 10.1 Å². The summed E-state index contributed by atoms with van der Waals surface area (Å²) < 4.78 is 12.9. The van der Waals surface area contributed by atoms with Crippen LogP contribution in [-0.2, 0) is 24.3 Å². The molecule has 34 heavy (non-hydrogen) atoms. The van der Waals surface area contributed by atoms with E-state index >= 15 is 0 Å². The Morgan fingerprint density at radius 1 is 1.26 bits per heavy atom. The molecule has 0 radical (unpaired) electrons. The Labute approximate surface area is 208 Å². The van der Waals surface area contributed by atoms with Gasteiger partial charge in [0.05, 0.1) is 11.7 Å². The molecule has 0 saturated carbocycles. The molecule has 0 aliphatic heterocycles. The number of esters is 1. The number of hydrogen-bond acceptors (Lipinski definition) is 6. The first-order valence-corrected chi connectivity index (χ1v) is 12.6. The van der Waals surface area contributed by atoms with Crippen molar-refractivity contribution in [2.75, 3.05) is 5.32 Å². The van der Waals surface area contributed by atoms with E-state index in [9.17, 15) is 9.59 Å². The lowest BCUT2D eigenvalue weighted by molar-refractivity contribution is 0.0335. The Bertz CT molecular complexity index is 1200. The van der Waals surface area contributed by atoms with Crippen LogP contribution in [0, 0.1) is 6.92 Å². The van der Waals surface area contributed by atoms with Gasteiger partial charge in [0.15, 0.2) is 12.4 Å². The normalized spacial score (nSPS) is 13.8. The third kappa shape index (κ3) is 5.45. The maximum atomic E-state index is 13.0. The molecule has 0 bridgehead atoms. The smallest absolute Gasteiger partial charge is 0.341 e. The number of hydrogen-bond donors (Lipinski definition) is 1. The molecule has 1 aliphatic rings. The minimum atomic E-state index is -0.378. The van der Waals surface area contributed by atoms with Crippen LogP contribution in [0.3, 0.4) is 0 Å². The fraction of sp³-hybridized carbons (Fsp3) is 0.400. The highest BCUT2D eigenvalue weighted by atomic mass is 35.5. The number of ether oxygens (including phenoxy) is 2. The summed E-state index contributed by atoms with van der Waals surface area (Å²) in [7, 11) is 0. The first kappa shape index (κ1) is 24.3. The number of nitrogens with zero attached hydrogens (tertiary/aromatic N) is 2. The van der Waals surface area contributed by atoms with E-state index in [0.717, 1.165) is 48.1 Å². The fourth-order valence-electron chi connectivity index (χ4n) is 3.76. The lowest BCUT2D eigenvalue weighted by Crippen LogP contribution is -2.19. The summed E-state index contributed by atoms with van der Waals surface area (Å²) in [5.74, 6) is -0.0875. The molecule has 2 aromatic heterocycles. The summed E-state index contributed by atoms with van der Waals surface area (Å²) in [6.07, 6.45) is 6.06. The highest BCUT2D eigenvalue weighted by Crippen LogP contribution is 2.39. The first-order chi connectivity index (χ1) is 16.4. The standard InChI is InChI=1S/C25H28ClN3O4S/c1-4-16(3)33-25(31)22-18-7-5-6-8-21(18)34-24(22)27-23(30)20-11-12-29(28-20)14-32-17-9-10-19(26)15(2)13-17/h9-13,16H,4-8,14H2,1-3H3,(H,27,30). The minimum Gasteiger partial charge on any atom is -0.471 e. The number of rotatable bonds is 8. The second-order valence-electron chi connectivity index (χ2n) is 8.42. The average molecular weight is 502 g/mol. The average Bonchev–Trinajstić information content (AvgIpc) is 3.44. The predicted molar refractivity (Wildman–Crippen MR) is 133 cm³/mol. The van der Waals surface area contributed by atoms with Crippen molar-refractivity contribution >= 4 is 39.8 Å². The van der Waals surface area contributed by atoms with Crippen molar-refractivity contribution in [3.05, 3.63) is 62.7 Å². The molecule has 9 heteroatoms. The minimum absolute atomic E-state index is 0.147. The van der Waals surface area contributed by atoms with Gasteiger partial charge < -0.3 is 14.8 Å². The largest absolute Gasteiger partial charge is 0.471 e. The van der Waals surface area contributed by atoms with Crippen LogP contribution in [-0.4, -0.2) is 27.8 Å². The van der Waals surface area contributed by atoms with Crippen LogP contribution in [0.25, 0.3) is 0 Å². The Morgan fingerprint density at radius 3 is 2.82 bits per heavy atom. The molecular formula is C25H28ClN3O4S. The SMILES string of the molecule is CCC(C)OC(=O)c1c(NC(=O)c2ccn(COc3ccc(Cl)c(C)c3)n2)sc2c1CCCC2. The van der Waals surface area contributed by atoms with Crippen LogP contribution in [0.5, 0.6) is 5.75 Å². The number of aromatic nitrogens is 2. The molecule has 1 atom stereocenters. The number of carbonyl (C=O) groups is 2. The Morgan fingerprint density at radius 2 is 2.06 bits per heavy atom. The zero-order chi connectivity index (χ0) is 24.2. The maximum absolute atomic E-state index is 13.0. The molecule has 0 spiro atoms. The summed E-state index contributed by atoms with van der Waals surface area (Å²) >= 11 is 7.51. The third-order valence-electron chi connectivity index (χ3n) is 5.85. The molecule has 2 heterocycles. The van der Waals surface area contributed by atoms with E-state index in [4.69, 9.17) is 21.1 Å². The van der Waals surface area contributed by atoms with Gasteiger partial charge in [0.1, 0.15) is 10.8 Å². The van der Waals surface area contributed by atoms with Gasteiger partial charge in [0.2, 0.25) is 0 Å². The Kier molecular flexibility index (Phi) is 7.58. The van der Waals surface area contributed by atoms with Crippen molar-refractivity contribution in [1.29, 1.82) is 0 Å². The van der Waals surface area contributed by atoms with E-state index in [-0.39, 0.29) is 30.4 Å². The third-order valence-corrected chi connectivity index (χ3v) is 7.48. The number of aryl methyl sites for hydroxylation is 2. The van der Waals surface area contributed by atoms with Crippen LogP contribution >= 0.6 is 22.9 Å². The number of carbonyl (C=O) groups excluding carboxylic acids is 2. The number of benzene rings is 1. The molecule has 1 N–H and O–H groups in total. The van der Waals surface area contributed by atoms with Crippen molar-refractivity contribution in [1.82, 2.24) is 9.78 Å². The molecule has 0 fully saturated rings. The van der Waals surface area contributed by atoms with Gasteiger partial charge in [0, 0.05) is 16.1 Å². The van der Waals surface area contributed by atoms with E-state index in [0.29, 0.717) is 21.3 Å². The van der Waals surface area contributed by atoms with Crippen molar-refractivity contribution in [3.63, 3.8) is 0 Å². The topological polar surface area (TPSA) is 82.5 Å². The van der Waals surface area contributed by atoms with Crippen molar-refractivity contribution in [2.45, 2.75) is 65.7 Å². The molecule has 1 aliphatic carbocycles. The van der Waals surface area contributed by atoms with Crippen molar-refractivity contribution < 1.29 is 19.1 Å². The van der Waals surface area contributed by atoms with E-state index in [2.05, 4.69) is 10.4 Å². The van der Waals surface area contributed by atoms with E-state index < -0.39 is 0 Å². The van der Waals surface area contributed by atoms with Gasteiger partial charge in [-0.3, -0.25) is 4.79 Å². The van der Waals surface area contributed by atoms with Crippen LogP contribution in [0.4, 0.5) is 5.00 Å². The highest BCUT2D eigenvalue weighted by Gasteiger charge is 2.28. The van der Waals surface area contributed by atoms with Gasteiger partial charge in [-0.1, -0.05) is 18.5 Å². The highest BCUT2D eigenvalue weighted by molar-refractivity contribution is 7.17. The number of nitrogens with one attached hydrogen (secondary N) is 1. The monoisotopic (exact) mass is 501 g/mol. The number of amides is 1. The molecular weight excluding hydrogens is 474 g/mol. The number of anilines is 1. The zero-order valence-corrected chi connectivity index (χ0v) is 21.1. The second-order valence-corrected chi connectivity index (χ2v) is 9.93. The van der Waals surface area contributed by atoms with Gasteiger partial charge in [0.25, 0.3) is 5.91 Å². The molecule has 7 nitrogen and oxygen atoms in total. The molecule has 1 aromatic carbocycles. The maximum Gasteiger partial charge on any atom is 0.341 e. The van der Waals surface area contributed by atoms with Gasteiger partial charge in [-0.25, -0.2) is 9.48 Å². The summed E-state index contributed by atoms with van der Waals surface area (Å²) in [6, 6.07) is 7.03.